The minimum absolute atomic E-state index is 0.231. The van der Waals surface area contributed by atoms with Crippen molar-refractivity contribution in [2.24, 2.45) is 0 Å². The molecular formula is C9H16ClN3O2S2. The molecule has 0 aromatic carbocycles. The zero-order valence-corrected chi connectivity index (χ0v) is 12.4. The molecule has 0 bridgehead atoms. The third-order valence-corrected chi connectivity index (χ3v) is 5.98. The molecular weight excluding hydrogens is 282 g/mol. The molecule has 0 atom stereocenters. The Morgan fingerprint density at radius 2 is 2.18 bits per heavy atom. The van der Waals surface area contributed by atoms with E-state index in [-0.39, 0.29) is 8.68 Å². The Balaban J connectivity index is 2.84. The number of aromatic nitrogens is 1. The summed E-state index contributed by atoms with van der Waals surface area (Å²) in [5, 5.41) is 2.98. The van der Waals surface area contributed by atoms with Gasteiger partial charge >= 0.3 is 0 Å². The summed E-state index contributed by atoms with van der Waals surface area (Å²) in [6, 6.07) is 0. The SMILES string of the molecule is CNCCCN(C)S(=O)(=O)c1sc(Cl)nc1C. The summed E-state index contributed by atoms with van der Waals surface area (Å²) in [5.41, 5.74) is 0.459. The third-order valence-electron chi connectivity index (χ3n) is 2.27. The predicted molar refractivity (Wildman–Crippen MR) is 70.2 cm³/mol. The summed E-state index contributed by atoms with van der Waals surface area (Å²) in [4.78, 5) is 3.92. The lowest BCUT2D eigenvalue weighted by atomic mass is 10.4. The van der Waals surface area contributed by atoms with Crippen LogP contribution in [0, 0.1) is 6.92 Å². The van der Waals surface area contributed by atoms with E-state index in [1.165, 1.54) is 4.31 Å². The third kappa shape index (κ3) is 3.62. The van der Waals surface area contributed by atoms with Crippen LogP contribution in [-0.4, -0.2) is 44.9 Å². The molecule has 1 aromatic rings. The molecule has 5 nitrogen and oxygen atoms in total. The number of sulfonamides is 1. The summed E-state index contributed by atoms with van der Waals surface area (Å²) >= 11 is 6.72. The van der Waals surface area contributed by atoms with Crippen LogP contribution in [0.15, 0.2) is 4.21 Å². The zero-order valence-electron chi connectivity index (χ0n) is 10.0. The van der Waals surface area contributed by atoms with Gasteiger partial charge in [-0.05, 0) is 26.9 Å². The number of nitrogens with one attached hydrogen (secondary N) is 1. The fraction of sp³-hybridized carbons (Fsp3) is 0.667. The maximum absolute atomic E-state index is 12.2. The number of aryl methyl sites for hydroxylation is 1. The molecule has 0 fully saturated rings. The van der Waals surface area contributed by atoms with Gasteiger partial charge in [-0.1, -0.05) is 22.9 Å². The molecule has 1 N–H and O–H groups in total. The highest BCUT2D eigenvalue weighted by Crippen LogP contribution is 2.28. The van der Waals surface area contributed by atoms with E-state index >= 15 is 0 Å². The monoisotopic (exact) mass is 297 g/mol. The molecule has 17 heavy (non-hydrogen) atoms. The second-order valence-electron chi connectivity index (χ2n) is 3.62. The predicted octanol–water partition coefficient (Wildman–Crippen LogP) is 1.33. The number of hydrogen-bond acceptors (Lipinski definition) is 5. The van der Waals surface area contributed by atoms with Crippen LogP contribution in [0.4, 0.5) is 0 Å². The maximum atomic E-state index is 12.2. The van der Waals surface area contributed by atoms with Crippen molar-refractivity contribution in [3.8, 4) is 0 Å². The van der Waals surface area contributed by atoms with E-state index in [0.717, 1.165) is 24.3 Å². The Morgan fingerprint density at radius 3 is 2.65 bits per heavy atom. The fourth-order valence-corrected chi connectivity index (χ4v) is 4.47. The van der Waals surface area contributed by atoms with E-state index in [1.54, 1.807) is 14.0 Å². The zero-order chi connectivity index (χ0) is 13.1. The molecule has 0 amide bonds. The normalized spacial score (nSPS) is 12.3. The van der Waals surface area contributed by atoms with Crippen LogP contribution in [-0.2, 0) is 10.0 Å². The number of hydrogen-bond donors (Lipinski definition) is 1. The summed E-state index contributed by atoms with van der Waals surface area (Å²) in [6.07, 6.45) is 0.762. The Kier molecular flexibility index (Phi) is 5.33. The molecule has 0 radical (unpaired) electrons. The van der Waals surface area contributed by atoms with Gasteiger partial charge < -0.3 is 5.32 Å². The molecule has 8 heteroatoms. The summed E-state index contributed by atoms with van der Waals surface area (Å²) < 4.78 is 26.2. The summed E-state index contributed by atoms with van der Waals surface area (Å²) in [6.45, 7) is 2.90. The van der Waals surface area contributed by atoms with Crippen LogP contribution in [0.25, 0.3) is 0 Å². The Morgan fingerprint density at radius 1 is 1.53 bits per heavy atom. The highest BCUT2D eigenvalue weighted by molar-refractivity contribution is 7.91. The fourth-order valence-electron chi connectivity index (χ4n) is 1.33. The standard InChI is InChI=1S/C9H16ClN3O2S2/c1-7-8(16-9(10)12-7)17(14,15)13(3)6-4-5-11-2/h11H,4-6H2,1-3H3. The molecule has 0 aliphatic carbocycles. The number of thiazole rings is 1. The first-order valence-electron chi connectivity index (χ1n) is 5.13. The van der Waals surface area contributed by atoms with Crippen LogP contribution in [0.5, 0.6) is 0 Å². The Labute approximate surface area is 111 Å². The highest BCUT2D eigenvalue weighted by Gasteiger charge is 2.25. The largest absolute Gasteiger partial charge is 0.320 e. The first-order chi connectivity index (χ1) is 7.89. The number of rotatable bonds is 6. The Hall–Kier alpha value is -0.210. The van der Waals surface area contributed by atoms with E-state index in [0.29, 0.717) is 12.2 Å². The van der Waals surface area contributed by atoms with Crippen molar-refractivity contribution < 1.29 is 8.42 Å². The van der Waals surface area contributed by atoms with Crippen LogP contribution in [0.3, 0.4) is 0 Å². The van der Waals surface area contributed by atoms with Crippen LogP contribution < -0.4 is 5.32 Å². The lowest BCUT2D eigenvalue weighted by Gasteiger charge is -2.15. The minimum Gasteiger partial charge on any atom is -0.320 e. The molecule has 0 unspecified atom stereocenters. The molecule has 0 aliphatic rings. The van der Waals surface area contributed by atoms with Gasteiger partial charge in [0.15, 0.2) is 8.68 Å². The number of halogens is 1. The average Bonchev–Trinajstić information content (AvgIpc) is 2.58. The second kappa shape index (κ2) is 6.10. The van der Waals surface area contributed by atoms with Gasteiger partial charge in [-0.2, -0.15) is 0 Å². The van der Waals surface area contributed by atoms with Crippen LogP contribution in [0.2, 0.25) is 4.47 Å². The van der Waals surface area contributed by atoms with Crippen LogP contribution >= 0.6 is 22.9 Å². The second-order valence-corrected chi connectivity index (χ2v) is 7.44. The lowest BCUT2D eigenvalue weighted by molar-refractivity contribution is 0.459. The van der Waals surface area contributed by atoms with Gasteiger partial charge in [0, 0.05) is 13.6 Å². The molecule has 0 spiro atoms. The first-order valence-corrected chi connectivity index (χ1v) is 7.77. The molecule has 1 rings (SSSR count). The smallest absolute Gasteiger partial charge is 0.254 e. The van der Waals surface area contributed by atoms with Crippen molar-refractivity contribution >= 4 is 33.0 Å². The van der Waals surface area contributed by atoms with E-state index in [2.05, 4.69) is 10.3 Å². The van der Waals surface area contributed by atoms with Gasteiger partial charge in [0.25, 0.3) is 10.0 Å². The summed E-state index contributed by atoms with van der Waals surface area (Å²) in [5.74, 6) is 0. The van der Waals surface area contributed by atoms with Gasteiger partial charge in [-0.3, -0.25) is 0 Å². The molecule has 0 saturated heterocycles. The van der Waals surface area contributed by atoms with E-state index in [1.807, 2.05) is 7.05 Å². The maximum Gasteiger partial charge on any atom is 0.254 e. The van der Waals surface area contributed by atoms with Gasteiger partial charge in [0.1, 0.15) is 0 Å². The van der Waals surface area contributed by atoms with E-state index in [4.69, 9.17) is 11.6 Å². The summed E-state index contributed by atoms with van der Waals surface area (Å²) in [7, 11) is -0.0497. The average molecular weight is 298 g/mol. The van der Waals surface area contributed by atoms with Crippen molar-refractivity contribution in [3.05, 3.63) is 10.2 Å². The lowest BCUT2D eigenvalue weighted by Crippen LogP contribution is -2.29. The Bertz CT molecular complexity index is 473. The number of nitrogens with zero attached hydrogens (tertiary/aromatic N) is 2. The van der Waals surface area contributed by atoms with Gasteiger partial charge in [-0.25, -0.2) is 17.7 Å². The van der Waals surface area contributed by atoms with Crippen LogP contribution in [0.1, 0.15) is 12.1 Å². The molecule has 1 aromatic heterocycles. The van der Waals surface area contributed by atoms with Crippen molar-refractivity contribution in [3.63, 3.8) is 0 Å². The minimum atomic E-state index is -3.45. The van der Waals surface area contributed by atoms with Gasteiger partial charge in [0.05, 0.1) is 5.69 Å². The van der Waals surface area contributed by atoms with Crippen molar-refractivity contribution in [1.82, 2.24) is 14.6 Å². The topological polar surface area (TPSA) is 62.3 Å². The quantitative estimate of drug-likeness (QED) is 0.805. The van der Waals surface area contributed by atoms with E-state index < -0.39 is 10.0 Å². The van der Waals surface area contributed by atoms with Gasteiger partial charge in [0.2, 0.25) is 0 Å². The molecule has 98 valence electrons. The molecule has 0 aliphatic heterocycles. The van der Waals surface area contributed by atoms with E-state index in [9.17, 15) is 8.42 Å². The highest BCUT2D eigenvalue weighted by atomic mass is 35.5. The van der Waals surface area contributed by atoms with Crippen molar-refractivity contribution in [1.29, 1.82) is 0 Å². The first kappa shape index (κ1) is 14.8. The van der Waals surface area contributed by atoms with Crippen molar-refractivity contribution in [2.75, 3.05) is 27.2 Å². The molecule has 0 saturated carbocycles. The molecule has 1 heterocycles. The van der Waals surface area contributed by atoms with Crippen molar-refractivity contribution in [2.45, 2.75) is 17.6 Å². The van der Waals surface area contributed by atoms with Gasteiger partial charge in [-0.15, -0.1) is 0 Å².